The first kappa shape index (κ1) is 16.2. The van der Waals surface area contributed by atoms with E-state index in [0.29, 0.717) is 6.42 Å². The predicted molar refractivity (Wildman–Crippen MR) is 95.1 cm³/mol. The SMILES string of the molecule is CC(=O)N1N=C(c2ccc(OC(C)C)cc2)C[C@@H]1c1ccccc1. The summed E-state index contributed by atoms with van der Waals surface area (Å²) in [5.41, 5.74) is 3.05. The molecule has 0 aliphatic carbocycles. The lowest BCUT2D eigenvalue weighted by atomic mass is 9.98. The Balaban J connectivity index is 1.84. The van der Waals surface area contributed by atoms with Crippen molar-refractivity contribution in [3.8, 4) is 5.75 Å². The van der Waals surface area contributed by atoms with Gasteiger partial charge < -0.3 is 4.74 Å². The standard InChI is InChI=1S/C20H22N2O2/c1-14(2)24-18-11-9-16(10-12-18)19-13-20(22(21-19)15(3)23)17-7-5-4-6-8-17/h4-12,14,20H,13H2,1-3H3/t20-/m1/s1. The third-order valence-electron chi connectivity index (χ3n) is 3.98. The summed E-state index contributed by atoms with van der Waals surface area (Å²) in [6.45, 7) is 5.57. The minimum atomic E-state index is -0.0429. The highest BCUT2D eigenvalue weighted by Crippen LogP contribution is 2.32. The zero-order valence-electron chi connectivity index (χ0n) is 14.3. The van der Waals surface area contributed by atoms with Crippen LogP contribution in [-0.4, -0.2) is 22.7 Å². The Morgan fingerprint density at radius 3 is 2.38 bits per heavy atom. The van der Waals surface area contributed by atoms with Gasteiger partial charge in [-0.2, -0.15) is 5.10 Å². The Labute approximate surface area is 142 Å². The zero-order valence-corrected chi connectivity index (χ0v) is 14.3. The van der Waals surface area contributed by atoms with Gasteiger partial charge in [-0.25, -0.2) is 5.01 Å². The van der Waals surface area contributed by atoms with Gasteiger partial charge in [0.05, 0.1) is 17.9 Å². The van der Waals surface area contributed by atoms with Crippen molar-refractivity contribution in [2.75, 3.05) is 0 Å². The summed E-state index contributed by atoms with van der Waals surface area (Å²) in [7, 11) is 0. The Morgan fingerprint density at radius 2 is 1.79 bits per heavy atom. The van der Waals surface area contributed by atoms with E-state index in [4.69, 9.17) is 4.74 Å². The van der Waals surface area contributed by atoms with Crippen molar-refractivity contribution in [3.05, 3.63) is 65.7 Å². The highest BCUT2D eigenvalue weighted by Gasteiger charge is 2.31. The topological polar surface area (TPSA) is 41.9 Å². The number of ether oxygens (including phenoxy) is 1. The largest absolute Gasteiger partial charge is 0.491 e. The maximum Gasteiger partial charge on any atom is 0.240 e. The molecule has 3 rings (SSSR count). The van der Waals surface area contributed by atoms with Crippen LogP contribution in [0.15, 0.2) is 59.7 Å². The Kier molecular flexibility index (Phi) is 4.65. The molecule has 1 atom stereocenters. The van der Waals surface area contributed by atoms with Crippen LogP contribution in [0.5, 0.6) is 5.75 Å². The van der Waals surface area contributed by atoms with E-state index in [1.807, 2.05) is 68.4 Å². The van der Waals surface area contributed by atoms with Crippen LogP contribution >= 0.6 is 0 Å². The highest BCUT2D eigenvalue weighted by atomic mass is 16.5. The molecule has 24 heavy (non-hydrogen) atoms. The lowest BCUT2D eigenvalue weighted by Crippen LogP contribution is -2.24. The van der Waals surface area contributed by atoms with E-state index in [2.05, 4.69) is 5.10 Å². The molecular weight excluding hydrogens is 300 g/mol. The number of rotatable bonds is 4. The summed E-state index contributed by atoms with van der Waals surface area (Å²) in [5, 5.41) is 6.15. The van der Waals surface area contributed by atoms with Gasteiger partial charge in [-0.3, -0.25) is 4.79 Å². The third kappa shape index (κ3) is 3.48. The van der Waals surface area contributed by atoms with Crippen LogP contribution in [0.2, 0.25) is 0 Å². The second kappa shape index (κ2) is 6.87. The molecule has 2 aromatic rings. The highest BCUT2D eigenvalue weighted by molar-refractivity contribution is 6.03. The Morgan fingerprint density at radius 1 is 1.12 bits per heavy atom. The fourth-order valence-electron chi connectivity index (χ4n) is 2.91. The minimum Gasteiger partial charge on any atom is -0.491 e. The number of nitrogens with zero attached hydrogens (tertiary/aromatic N) is 2. The van der Waals surface area contributed by atoms with E-state index in [0.717, 1.165) is 22.6 Å². The predicted octanol–water partition coefficient (Wildman–Crippen LogP) is 4.17. The van der Waals surface area contributed by atoms with Gasteiger partial charge in [0, 0.05) is 13.3 Å². The molecule has 4 heteroatoms. The average molecular weight is 322 g/mol. The molecule has 0 aromatic heterocycles. The van der Waals surface area contributed by atoms with Gasteiger partial charge in [-0.1, -0.05) is 30.3 Å². The van der Waals surface area contributed by atoms with Crippen molar-refractivity contribution >= 4 is 11.6 Å². The Bertz CT molecular complexity index is 736. The Hall–Kier alpha value is -2.62. The summed E-state index contributed by atoms with van der Waals surface area (Å²) in [6.07, 6.45) is 0.865. The van der Waals surface area contributed by atoms with Gasteiger partial charge in [-0.05, 0) is 49.2 Å². The molecule has 0 saturated carbocycles. The molecule has 0 bridgehead atoms. The molecule has 0 saturated heterocycles. The lowest BCUT2D eigenvalue weighted by Gasteiger charge is -2.20. The average Bonchev–Trinajstić information content (AvgIpc) is 3.01. The third-order valence-corrected chi connectivity index (χ3v) is 3.98. The monoisotopic (exact) mass is 322 g/mol. The summed E-state index contributed by atoms with van der Waals surface area (Å²) >= 11 is 0. The summed E-state index contributed by atoms with van der Waals surface area (Å²) in [5.74, 6) is 0.800. The fraction of sp³-hybridized carbons (Fsp3) is 0.300. The normalized spacial score (nSPS) is 17.1. The van der Waals surface area contributed by atoms with Gasteiger partial charge in [-0.15, -0.1) is 0 Å². The van der Waals surface area contributed by atoms with Crippen molar-refractivity contribution in [1.29, 1.82) is 0 Å². The van der Waals surface area contributed by atoms with E-state index in [9.17, 15) is 4.79 Å². The van der Waals surface area contributed by atoms with Crippen molar-refractivity contribution in [1.82, 2.24) is 5.01 Å². The molecule has 1 aliphatic rings. The molecule has 1 aliphatic heterocycles. The number of carbonyl (C=O) groups is 1. The first-order valence-electron chi connectivity index (χ1n) is 8.24. The smallest absolute Gasteiger partial charge is 0.240 e. The summed E-state index contributed by atoms with van der Waals surface area (Å²) in [4.78, 5) is 12.0. The number of hydrazone groups is 1. The maximum absolute atomic E-state index is 12.0. The van der Waals surface area contributed by atoms with Crippen LogP contribution in [0.1, 0.15) is 44.4 Å². The van der Waals surface area contributed by atoms with E-state index in [1.165, 1.54) is 0 Å². The van der Waals surface area contributed by atoms with Crippen molar-refractivity contribution in [2.24, 2.45) is 5.10 Å². The lowest BCUT2D eigenvalue weighted by molar-refractivity contribution is -0.130. The number of amides is 1. The molecule has 0 radical (unpaired) electrons. The molecule has 0 fully saturated rings. The molecule has 0 N–H and O–H groups in total. The van der Waals surface area contributed by atoms with E-state index < -0.39 is 0 Å². The van der Waals surface area contributed by atoms with Gasteiger partial charge >= 0.3 is 0 Å². The molecule has 124 valence electrons. The molecule has 4 nitrogen and oxygen atoms in total. The van der Waals surface area contributed by atoms with E-state index in [-0.39, 0.29) is 18.1 Å². The molecule has 0 unspecified atom stereocenters. The van der Waals surface area contributed by atoms with Crippen molar-refractivity contribution in [2.45, 2.75) is 39.3 Å². The molecular formula is C20H22N2O2. The fourth-order valence-corrected chi connectivity index (χ4v) is 2.91. The molecule has 2 aromatic carbocycles. The van der Waals surface area contributed by atoms with E-state index in [1.54, 1.807) is 11.9 Å². The van der Waals surface area contributed by atoms with Crippen molar-refractivity contribution in [3.63, 3.8) is 0 Å². The zero-order chi connectivity index (χ0) is 17.1. The van der Waals surface area contributed by atoms with Crippen LogP contribution in [0.3, 0.4) is 0 Å². The first-order valence-corrected chi connectivity index (χ1v) is 8.24. The van der Waals surface area contributed by atoms with Crippen LogP contribution < -0.4 is 4.74 Å². The first-order chi connectivity index (χ1) is 11.5. The quantitative estimate of drug-likeness (QED) is 0.847. The molecule has 1 heterocycles. The maximum atomic E-state index is 12.0. The molecule has 0 spiro atoms. The molecule has 1 amide bonds. The minimum absolute atomic E-state index is 0.0368. The number of hydrogen-bond acceptors (Lipinski definition) is 3. The van der Waals surface area contributed by atoms with Gasteiger partial charge in [0.25, 0.3) is 0 Å². The van der Waals surface area contributed by atoms with Gasteiger partial charge in [0.2, 0.25) is 5.91 Å². The second-order valence-electron chi connectivity index (χ2n) is 6.23. The van der Waals surface area contributed by atoms with Crippen LogP contribution in [0.4, 0.5) is 0 Å². The number of carbonyl (C=O) groups excluding carboxylic acids is 1. The van der Waals surface area contributed by atoms with Crippen molar-refractivity contribution < 1.29 is 9.53 Å². The van der Waals surface area contributed by atoms with Gasteiger partial charge in [0.15, 0.2) is 0 Å². The number of benzene rings is 2. The second-order valence-corrected chi connectivity index (χ2v) is 6.23. The summed E-state index contributed by atoms with van der Waals surface area (Å²) < 4.78 is 5.68. The van der Waals surface area contributed by atoms with E-state index >= 15 is 0 Å². The van der Waals surface area contributed by atoms with Crippen LogP contribution in [0, 0.1) is 0 Å². The summed E-state index contributed by atoms with van der Waals surface area (Å²) in [6, 6.07) is 17.9. The van der Waals surface area contributed by atoms with Crippen LogP contribution in [-0.2, 0) is 4.79 Å². The van der Waals surface area contributed by atoms with Gasteiger partial charge in [0.1, 0.15) is 5.75 Å². The van der Waals surface area contributed by atoms with Crippen LogP contribution in [0.25, 0.3) is 0 Å². The number of hydrogen-bond donors (Lipinski definition) is 0.